The van der Waals surface area contributed by atoms with Crippen molar-refractivity contribution in [1.29, 1.82) is 0 Å². The van der Waals surface area contributed by atoms with Gasteiger partial charge >= 0.3 is 0 Å². The summed E-state index contributed by atoms with van der Waals surface area (Å²) in [6.07, 6.45) is 1.93. The molecule has 0 fully saturated rings. The van der Waals surface area contributed by atoms with Crippen LogP contribution in [0.15, 0.2) is 77.8 Å². The first-order valence-corrected chi connectivity index (χ1v) is 11.3. The fraction of sp³-hybridized carbons (Fsp3) is 0.125. The van der Waals surface area contributed by atoms with E-state index in [-0.39, 0.29) is 10.8 Å². The summed E-state index contributed by atoms with van der Waals surface area (Å²) in [5.41, 5.74) is 4.50. The van der Waals surface area contributed by atoms with Crippen LogP contribution in [0.25, 0.3) is 10.9 Å². The van der Waals surface area contributed by atoms with Crippen molar-refractivity contribution < 1.29 is 13.2 Å². The number of sulfonamides is 1. The molecule has 1 heterocycles. The van der Waals surface area contributed by atoms with Gasteiger partial charge in [-0.2, -0.15) is 0 Å². The second-order valence-electron chi connectivity index (χ2n) is 7.50. The zero-order valence-electron chi connectivity index (χ0n) is 17.5. The normalized spacial score (nSPS) is 11.5. The van der Waals surface area contributed by atoms with Gasteiger partial charge in [-0.05, 0) is 73.5 Å². The number of fused-ring (bicyclic) bond motifs is 1. The minimum Gasteiger partial charge on any atom is -0.350 e. The van der Waals surface area contributed by atoms with Crippen LogP contribution in [0.4, 0.5) is 11.4 Å². The number of rotatable bonds is 5. The minimum atomic E-state index is -3.76. The fourth-order valence-corrected chi connectivity index (χ4v) is 4.58. The molecule has 7 heteroatoms. The molecule has 6 nitrogen and oxygen atoms in total. The highest BCUT2D eigenvalue weighted by Crippen LogP contribution is 2.25. The zero-order valence-corrected chi connectivity index (χ0v) is 18.3. The minimum absolute atomic E-state index is 0.0927. The Morgan fingerprint density at radius 1 is 0.871 bits per heavy atom. The van der Waals surface area contributed by atoms with Gasteiger partial charge in [-0.25, -0.2) is 8.42 Å². The van der Waals surface area contributed by atoms with Crippen molar-refractivity contribution >= 4 is 38.2 Å². The van der Waals surface area contributed by atoms with E-state index in [2.05, 4.69) is 10.0 Å². The first-order valence-electron chi connectivity index (χ1n) is 9.81. The number of carbonyl (C=O) groups is 1. The van der Waals surface area contributed by atoms with E-state index in [1.807, 2.05) is 62.0 Å². The summed E-state index contributed by atoms with van der Waals surface area (Å²) < 4.78 is 30.1. The average molecular weight is 434 g/mol. The van der Waals surface area contributed by atoms with Gasteiger partial charge in [0, 0.05) is 29.7 Å². The van der Waals surface area contributed by atoms with Crippen molar-refractivity contribution in [2.75, 3.05) is 10.0 Å². The lowest BCUT2D eigenvalue weighted by Gasteiger charge is -2.12. The van der Waals surface area contributed by atoms with E-state index in [0.29, 0.717) is 16.9 Å². The third-order valence-electron chi connectivity index (χ3n) is 5.45. The molecule has 0 radical (unpaired) electrons. The molecule has 0 bridgehead atoms. The molecule has 158 valence electrons. The highest BCUT2D eigenvalue weighted by Gasteiger charge is 2.17. The maximum atomic E-state index is 12.8. The molecule has 0 spiro atoms. The summed E-state index contributed by atoms with van der Waals surface area (Å²) in [5, 5.41) is 3.85. The van der Waals surface area contributed by atoms with E-state index in [1.54, 1.807) is 12.1 Å². The van der Waals surface area contributed by atoms with Crippen molar-refractivity contribution in [1.82, 2.24) is 4.57 Å². The summed E-state index contributed by atoms with van der Waals surface area (Å²) in [5.74, 6) is -0.303. The summed E-state index contributed by atoms with van der Waals surface area (Å²) >= 11 is 0. The van der Waals surface area contributed by atoms with Crippen LogP contribution in [0.2, 0.25) is 0 Å². The van der Waals surface area contributed by atoms with Crippen LogP contribution in [-0.4, -0.2) is 18.9 Å². The monoisotopic (exact) mass is 433 g/mol. The molecule has 1 amide bonds. The molecule has 0 saturated heterocycles. The number of hydrogen-bond acceptors (Lipinski definition) is 3. The van der Waals surface area contributed by atoms with Crippen molar-refractivity contribution in [2.45, 2.75) is 18.7 Å². The van der Waals surface area contributed by atoms with E-state index in [4.69, 9.17) is 0 Å². The molecule has 0 atom stereocenters. The molecule has 0 aliphatic heterocycles. The van der Waals surface area contributed by atoms with E-state index in [0.717, 1.165) is 22.0 Å². The number of benzene rings is 3. The third-order valence-corrected chi connectivity index (χ3v) is 6.83. The summed E-state index contributed by atoms with van der Waals surface area (Å²) in [6, 6.07) is 19.0. The Kier molecular flexibility index (Phi) is 5.29. The molecular formula is C24H23N3O3S. The molecule has 4 aromatic rings. The van der Waals surface area contributed by atoms with Gasteiger partial charge < -0.3 is 9.88 Å². The number of nitrogens with one attached hydrogen (secondary N) is 2. The summed E-state index contributed by atoms with van der Waals surface area (Å²) in [4.78, 5) is 12.8. The van der Waals surface area contributed by atoms with Crippen LogP contribution < -0.4 is 10.0 Å². The van der Waals surface area contributed by atoms with Gasteiger partial charge in [0.2, 0.25) is 0 Å². The summed E-state index contributed by atoms with van der Waals surface area (Å²) in [7, 11) is -1.82. The number of carbonyl (C=O) groups excluding carboxylic acids is 1. The van der Waals surface area contributed by atoms with Crippen LogP contribution in [0.5, 0.6) is 0 Å². The molecule has 3 aromatic carbocycles. The molecule has 1 aromatic heterocycles. The van der Waals surface area contributed by atoms with Gasteiger partial charge in [0.1, 0.15) is 0 Å². The maximum Gasteiger partial charge on any atom is 0.261 e. The van der Waals surface area contributed by atoms with Gasteiger partial charge in [-0.3, -0.25) is 9.52 Å². The maximum absolute atomic E-state index is 12.8. The third kappa shape index (κ3) is 4.04. The predicted octanol–water partition coefficient (Wildman–Crippen LogP) is 4.85. The second-order valence-corrected chi connectivity index (χ2v) is 9.18. The van der Waals surface area contributed by atoms with Crippen LogP contribution in [0.3, 0.4) is 0 Å². The molecular weight excluding hydrogens is 410 g/mol. The molecule has 0 saturated carbocycles. The smallest absolute Gasteiger partial charge is 0.261 e. The van der Waals surface area contributed by atoms with E-state index >= 15 is 0 Å². The zero-order chi connectivity index (χ0) is 22.2. The molecule has 0 unspecified atom stereocenters. The first kappa shape index (κ1) is 20.7. The fourth-order valence-electron chi connectivity index (χ4n) is 3.46. The largest absolute Gasteiger partial charge is 0.350 e. The van der Waals surface area contributed by atoms with Crippen molar-refractivity contribution in [3.05, 3.63) is 89.6 Å². The highest BCUT2D eigenvalue weighted by atomic mass is 32.2. The number of amides is 1. The van der Waals surface area contributed by atoms with Gasteiger partial charge in [-0.1, -0.05) is 18.2 Å². The lowest BCUT2D eigenvalue weighted by Crippen LogP contribution is -2.15. The van der Waals surface area contributed by atoms with Crippen molar-refractivity contribution in [3.63, 3.8) is 0 Å². The van der Waals surface area contributed by atoms with Crippen molar-refractivity contribution in [2.24, 2.45) is 7.05 Å². The molecule has 31 heavy (non-hydrogen) atoms. The van der Waals surface area contributed by atoms with Gasteiger partial charge in [0.25, 0.3) is 15.9 Å². The first-order chi connectivity index (χ1) is 14.8. The van der Waals surface area contributed by atoms with Crippen LogP contribution in [-0.2, 0) is 17.1 Å². The summed E-state index contributed by atoms with van der Waals surface area (Å²) in [6.45, 7) is 3.80. The Hall–Kier alpha value is -3.58. The predicted molar refractivity (Wildman–Crippen MR) is 124 cm³/mol. The molecule has 0 aliphatic carbocycles. The SMILES string of the molecule is Cc1cccc(NS(=O)(=O)c2ccc(C(=O)Nc3cccc4c3ccn4C)cc2)c1C. The lowest BCUT2D eigenvalue weighted by molar-refractivity contribution is 0.102. The highest BCUT2D eigenvalue weighted by molar-refractivity contribution is 7.92. The number of anilines is 2. The van der Waals surface area contributed by atoms with E-state index < -0.39 is 10.0 Å². The number of nitrogens with zero attached hydrogens (tertiary/aromatic N) is 1. The Labute approximate surface area is 181 Å². The molecule has 4 rings (SSSR count). The number of hydrogen-bond donors (Lipinski definition) is 2. The van der Waals surface area contributed by atoms with E-state index in [1.165, 1.54) is 24.3 Å². The number of aromatic nitrogens is 1. The topological polar surface area (TPSA) is 80.2 Å². The Bertz CT molecular complexity index is 1390. The standard InChI is InChI=1S/C24H23N3O3S/c1-16-6-4-7-21(17(16)2)26-31(29,30)19-12-10-18(11-13-19)24(28)25-22-8-5-9-23-20(22)14-15-27(23)3/h4-15,26H,1-3H3,(H,25,28). The van der Waals surface area contributed by atoms with Crippen LogP contribution in [0.1, 0.15) is 21.5 Å². The Balaban J connectivity index is 1.54. The van der Waals surface area contributed by atoms with Crippen LogP contribution >= 0.6 is 0 Å². The number of aryl methyl sites for hydroxylation is 2. The van der Waals surface area contributed by atoms with Gasteiger partial charge in [0.15, 0.2) is 0 Å². The average Bonchev–Trinajstić information content (AvgIpc) is 3.13. The van der Waals surface area contributed by atoms with Crippen LogP contribution in [0, 0.1) is 13.8 Å². The van der Waals surface area contributed by atoms with E-state index in [9.17, 15) is 13.2 Å². The van der Waals surface area contributed by atoms with Gasteiger partial charge in [0.05, 0.1) is 16.3 Å². The van der Waals surface area contributed by atoms with Gasteiger partial charge in [-0.15, -0.1) is 0 Å². The van der Waals surface area contributed by atoms with Crippen molar-refractivity contribution in [3.8, 4) is 0 Å². The quantitative estimate of drug-likeness (QED) is 0.472. The molecule has 0 aliphatic rings. The Morgan fingerprint density at radius 3 is 2.29 bits per heavy atom. The molecule has 2 N–H and O–H groups in total. The second kappa shape index (κ2) is 7.92. The lowest BCUT2D eigenvalue weighted by atomic mass is 10.1. The Morgan fingerprint density at radius 2 is 1.55 bits per heavy atom.